The number of carbonyl (C=O) groups is 1. The van der Waals surface area contributed by atoms with Gasteiger partial charge in [-0.15, -0.1) is 0 Å². The summed E-state index contributed by atoms with van der Waals surface area (Å²) in [4.78, 5) is 20.8. The molecule has 6 rings (SSSR count). The zero-order valence-electron chi connectivity index (χ0n) is 22.2. The lowest BCUT2D eigenvalue weighted by atomic mass is 10.1. The van der Waals surface area contributed by atoms with E-state index >= 15 is 4.39 Å². The summed E-state index contributed by atoms with van der Waals surface area (Å²) in [6, 6.07) is 20.0. The van der Waals surface area contributed by atoms with Gasteiger partial charge in [0.2, 0.25) is 5.88 Å². The van der Waals surface area contributed by atoms with Crippen LogP contribution >= 0.6 is 15.9 Å². The van der Waals surface area contributed by atoms with Crippen LogP contribution in [-0.2, 0) is 19.6 Å². The third-order valence-corrected chi connectivity index (χ3v) is 8.36. The zero-order valence-corrected chi connectivity index (χ0v) is 23.8. The number of fused-ring (bicyclic) bond motifs is 1. The van der Waals surface area contributed by atoms with Crippen LogP contribution in [0.5, 0.6) is 5.88 Å². The van der Waals surface area contributed by atoms with E-state index in [4.69, 9.17) is 9.72 Å². The van der Waals surface area contributed by atoms with Crippen LogP contribution in [-0.4, -0.2) is 29.9 Å². The molecule has 0 aliphatic heterocycles. The Hall–Kier alpha value is -4.11. The summed E-state index contributed by atoms with van der Waals surface area (Å²) < 4.78 is 37.3. The normalized spacial score (nSPS) is 13.9. The van der Waals surface area contributed by atoms with Crippen molar-refractivity contribution in [1.82, 2.24) is 14.5 Å². The second-order valence-electron chi connectivity index (χ2n) is 10.5. The van der Waals surface area contributed by atoms with Crippen molar-refractivity contribution >= 4 is 32.9 Å². The first-order chi connectivity index (χ1) is 19.7. The molecule has 0 saturated heterocycles. The topological polar surface area (TPSA) is 77.2 Å². The number of aromatic carboxylic acids is 1. The molecule has 1 aliphatic carbocycles. The Morgan fingerprint density at radius 1 is 1.00 bits per heavy atom. The summed E-state index contributed by atoms with van der Waals surface area (Å²) in [5, 5.41) is 9.48. The lowest BCUT2D eigenvalue weighted by Crippen LogP contribution is -2.14. The third-order valence-electron chi connectivity index (χ3n) is 7.31. The standard InChI is InChI=1S/C32H26BrF2N3O3/c1-19-5-6-23(24(34)13-19)17-41-30-4-2-3-26(37-30)21-8-7-20(25(35)14-21)16-29-36-27-10-9-22(31(39)40)15-28(27)38(29)18-32(33)11-12-32/h2-10,13-15H,11-12,16-18H2,1H3,(H,39,40). The van der Waals surface area contributed by atoms with Crippen molar-refractivity contribution in [3.8, 4) is 17.1 Å². The number of nitrogens with zero attached hydrogens (tertiary/aromatic N) is 3. The van der Waals surface area contributed by atoms with Gasteiger partial charge in [-0.1, -0.05) is 46.3 Å². The minimum atomic E-state index is -1.01. The number of benzene rings is 3. The number of alkyl halides is 1. The lowest BCUT2D eigenvalue weighted by molar-refractivity contribution is 0.0697. The van der Waals surface area contributed by atoms with Crippen LogP contribution in [0.15, 0.2) is 72.8 Å². The molecule has 1 N–H and O–H groups in total. The molecule has 5 aromatic rings. The smallest absolute Gasteiger partial charge is 0.335 e. The van der Waals surface area contributed by atoms with Crippen LogP contribution in [0.1, 0.15) is 45.7 Å². The summed E-state index contributed by atoms with van der Waals surface area (Å²) in [5.74, 6) is -0.768. The van der Waals surface area contributed by atoms with Crippen molar-refractivity contribution < 1.29 is 23.4 Å². The quantitative estimate of drug-likeness (QED) is 0.173. The van der Waals surface area contributed by atoms with Crippen molar-refractivity contribution in [2.75, 3.05) is 0 Å². The molecule has 1 aliphatic rings. The molecule has 0 radical (unpaired) electrons. The van der Waals surface area contributed by atoms with Gasteiger partial charge in [-0.05, 0) is 67.3 Å². The molecule has 0 spiro atoms. The van der Waals surface area contributed by atoms with E-state index in [0.29, 0.717) is 51.7 Å². The van der Waals surface area contributed by atoms with Gasteiger partial charge in [0.1, 0.15) is 24.1 Å². The van der Waals surface area contributed by atoms with Gasteiger partial charge in [-0.3, -0.25) is 0 Å². The molecule has 0 atom stereocenters. The average Bonchev–Trinajstić information content (AvgIpc) is 3.59. The van der Waals surface area contributed by atoms with Crippen LogP contribution in [0.2, 0.25) is 0 Å². The minimum absolute atomic E-state index is 0.0283. The second kappa shape index (κ2) is 10.7. The number of pyridine rings is 1. The Morgan fingerprint density at radius 2 is 1.78 bits per heavy atom. The van der Waals surface area contributed by atoms with Crippen molar-refractivity contribution in [2.24, 2.45) is 0 Å². The van der Waals surface area contributed by atoms with E-state index in [9.17, 15) is 14.3 Å². The van der Waals surface area contributed by atoms with Gasteiger partial charge in [0.25, 0.3) is 0 Å². The molecule has 2 heterocycles. The Kier molecular flexibility index (Phi) is 7.07. The third kappa shape index (κ3) is 5.86. The largest absolute Gasteiger partial charge is 0.478 e. The lowest BCUT2D eigenvalue weighted by Gasteiger charge is -2.14. The highest BCUT2D eigenvalue weighted by atomic mass is 79.9. The number of aromatic nitrogens is 3. The molecule has 2 aromatic heterocycles. The Morgan fingerprint density at radius 3 is 2.51 bits per heavy atom. The summed E-state index contributed by atoms with van der Waals surface area (Å²) >= 11 is 3.78. The Balaban J connectivity index is 1.24. The minimum Gasteiger partial charge on any atom is -0.478 e. The van der Waals surface area contributed by atoms with Gasteiger partial charge in [0.15, 0.2) is 0 Å². The van der Waals surface area contributed by atoms with E-state index in [2.05, 4.69) is 20.9 Å². The van der Waals surface area contributed by atoms with Crippen molar-refractivity contribution in [2.45, 2.75) is 43.7 Å². The monoisotopic (exact) mass is 617 g/mol. The molecule has 1 fully saturated rings. The molecule has 6 nitrogen and oxygen atoms in total. The van der Waals surface area contributed by atoms with E-state index in [1.54, 1.807) is 48.5 Å². The molecular formula is C32H26BrF2N3O3. The summed E-state index contributed by atoms with van der Waals surface area (Å²) in [6.07, 6.45) is 2.25. The maximum Gasteiger partial charge on any atom is 0.335 e. The number of aryl methyl sites for hydroxylation is 1. The van der Waals surface area contributed by atoms with Gasteiger partial charge in [-0.25, -0.2) is 23.5 Å². The average molecular weight is 618 g/mol. The highest BCUT2D eigenvalue weighted by Gasteiger charge is 2.41. The van der Waals surface area contributed by atoms with Crippen molar-refractivity contribution in [1.29, 1.82) is 0 Å². The van der Waals surface area contributed by atoms with Crippen LogP contribution in [0, 0.1) is 18.6 Å². The SMILES string of the molecule is Cc1ccc(COc2cccc(-c3ccc(Cc4nc5ccc(C(=O)O)cc5n4CC4(Br)CC4)c(F)c3)n2)c(F)c1. The molecule has 0 bridgehead atoms. The van der Waals surface area contributed by atoms with Crippen LogP contribution < -0.4 is 4.74 Å². The predicted octanol–water partition coefficient (Wildman–Crippen LogP) is 7.48. The number of ether oxygens (including phenoxy) is 1. The van der Waals surface area contributed by atoms with Gasteiger partial charge >= 0.3 is 5.97 Å². The molecule has 9 heteroatoms. The summed E-state index contributed by atoms with van der Waals surface area (Å²) in [6.45, 7) is 2.47. The second-order valence-corrected chi connectivity index (χ2v) is 12.2. The highest BCUT2D eigenvalue weighted by molar-refractivity contribution is 9.10. The van der Waals surface area contributed by atoms with E-state index < -0.39 is 11.8 Å². The first-order valence-corrected chi connectivity index (χ1v) is 14.0. The molecule has 208 valence electrons. The van der Waals surface area contributed by atoms with E-state index in [0.717, 1.165) is 18.4 Å². The van der Waals surface area contributed by atoms with Crippen molar-refractivity contribution in [3.05, 3.63) is 113 Å². The summed E-state index contributed by atoms with van der Waals surface area (Å²) in [5.41, 5.74) is 4.40. The highest BCUT2D eigenvalue weighted by Crippen LogP contribution is 2.46. The number of hydrogen-bond donors (Lipinski definition) is 1. The number of hydrogen-bond acceptors (Lipinski definition) is 4. The van der Waals surface area contributed by atoms with E-state index in [1.807, 2.05) is 17.6 Å². The number of carboxylic acids is 1. The number of carboxylic acid groups (broad SMARTS) is 1. The Bertz CT molecular complexity index is 1800. The molecule has 3 aromatic carbocycles. The first-order valence-electron chi connectivity index (χ1n) is 13.2. The maximum absolute atomic E-state index is 15.5. The molecule has 0 unspecified atom stereocenters. The van der Waals surface area contributed by atoms with Gasteiger partial charge in [0.05, 0.1) is 22.3 Å². The van der Waals surface area contributed by atoms with E-state index in [1.165, 1.54) is 18.2 Å². The molecule has 41 heavy (non-hydrogen) atoms. The van der Waals surface area contributed by atoms with Crippen molar-refractivity contribution in [3.63, 3.8) is 0 Å². The van der Waals surface area contributed by atoms with Gasteiger partial charge in [-0.2, -0.15) is 0 Å². The number of halogens is 3. The zero-order chi connectivity index (χ0) is 28.7. The molecule has 1 saturated carbocycles. The van der Waals surface area contributed by atoms with Crippen LogP contribution in [0.25, 0.3) is 22.3 Å². The first kappa shape index (κ1) is 27.1. The van der Waals surface area contributed by atoms with Crippen LogP contribution in [0.3, 0.4) is 0 Å². The van der Waals surface area contributed by atoms with Gasteiger partial charge in [0, 0.05) is 34.5 Å². The Labute approximate surface area is 243 Å². The van der Waals surface area contributed by atoms with Crippen LogP contribution in [0.4, 0.5) is 8.78 Å². The molecule has 0 amide bonds. The molecular weight excluding hydrogens is 592 g/mol. The van der Waals surface area contributed by atoms with Gasteiger partial charge < -0.3 is 14.4 Å². The fourth-order valence-corrected chi connectivity index (χ4v) is 5.24. The predicted molar refractivity (Wildman–Crippen MR) is 155 cm³/mol. The number of rotatable bonds is 9. The fraction of sp³-hybridized carbons (Fsp3) is 0.219. The van der Waals surface area contributed by atoms with E-state index in [-0.39, 0.29) is 28.7 Å². The number of imidazole rings is 1. The maximum atomic E-state index is 15.5. The summed E-state index contributed by atoms with van der Waals surface area (Å²) in [7, 11) is 0. The fourth-order valence-electron chi connectivity index (χ4n) is 4.79.